The van der Waals surface area contributed by atoms with E-state index in [1.807, 2.05) is 36.4 Å². The molecule has 7 nitrogen and oxygen atoms in total. The Morgan fingerprint density at radius 2 is 1.63 bits per heavy atom. The minimum atomic E-state index is -0.280. The van der Waals surface area contributed by atoms with E-state index in [0.29, 0.717) is 22.9 Å². The number of pyridine rings is 1. The van der Waals surface area contributed by atoms with Gasteiger partial charge >= 0.3 is 0 Å². The summed E-state index contributed by atoms with van der Waals surface area (Å²) in [4.78, 5) is 16.2. The molecule has 30 heavy (non-hydrogen) atoms. The van der Waals surface area contributed by atoms with Crippen LogP contribution in [-0.4, -0.2) is 29.7 Å². The van der Waals surface area contributed by atoms with E-state index in [2.05, 4.69) is 20.9 Å². The zero-order chi connectivity index (χ0) is 21.3. The molecule has 2 aromatic carbocycles. The summed E-state index contributed by atoms with van der Waals surface area (Å²) < 4.78 is 5.13. The molecule has 0 aliphatic heterocycles. The molecule has 1 atom stereocenters. The van der Waals surface area contributed by atoms with Crippen LogP contribution in [0.4, 0.5) is 11.4 Å². The van der Waals surface area contributed by atoms with Crippen LogP contribution in [0.15, 0.2) is 73.1 Å². The van der Waals surface area contributed by atoms with Crippen LogP contribution in [0.1, 0.15) is 22.0 Å². The fourth-order valence-electron chi connectivity index (χ4n) is 2.69. The van der Waals surface area contributed by atoms with Gasteiger partial charge in [0, 0.05) is 41.9 Å². The molecule has 1 amide bonds. The number of ether oxygens (including phenoxy) is 1. The number of amides is 1. The highest BCUT2D eigenvalue weighted by atomic mass is 32.1. The Labute approximate surface area is 180 Å². The highest BCUT2D eigenvalue weighted by Crippen LogP contribution is 2.15. The van der Waals surface area contributed by atoms with E-state index in [0.717, 1.165) is 17.0 Å². The second kappa shape index (κ2) is 10.3. The van der Waals surface area contributed by atoms with Crippen LogP contribution < -0.4 is 26.4 Å². The first-order valence-electron chi connectivity index (χ1n) is 9.31. The number of carbonyl (C=O) groups is 1. The predicted octanol–water partition coefficient (Wildman–Crippen LogP) is 3.33. The van der Waals surface area contributed by atoms with Crippen molar-refractivity contribution in [3.05, 3.63) is 84.2 Å². The average molecular weight is 422 g/mol. The van der Waals surface area contributed by atoms with Crippen molar-refractivity contribution >= 4 is 34.6 Å². The molecule has 3 aromatic rings. The maximum absolute atomic E-state index is 12.3. The van der Waals surface area contributed by atoms with Gasteiger partial charge in [-0.05, 0) is 66.3 Å². The second-order valence-corrected chi connectivity index (χ2v) is 6.89. The van der Waals surface area contributed by atoms with E-state index >= 15 is 0 Å². The summed E-state index contributed by atoms with van der Waals surface area (Å²) in [5, 5.41) is 9.50. The van der Waals surface area contributed by atoms with Crippen molar-refractivity contribution in [3.63, 3.8) is 0 Å². The van der Waals surface area contributed by atoms with Crippen LogP contribution >= 0.6 is 12.2 Å². The minimum absolute atomic E-state index is 0.190. The molecule has 0 aliphatic rings. The molecule has 3 rings (SSSR count). The lowest BCUT2D eigenvalue weighted by atomic mass is 10.1. The monoisotopic (exact) mass is 421 g/mol. The number of nitrogens with one attached hydrogen (secondary N) is 3. The van der Waals surface area contributed by atoms with Gasteiger partial charge in [0.2, 0.25) is 0 Å². The third kappa shape index (κ3) is 6.00. The summed E-state index contributed by atoms with van der Waals surface area (Å²) >= 11 is 5.32. The van der Waals surface area contributed by atoms with Gasteiger partial charge in [-0.2, -0.15) is 0 Å². The quantitative estimate of drug-likeness (QED) is 0.434. The smallest absolute Gasteiger partial charge is 0.255 e. The van der Waals surface area contributed by atoms with Gasteiger partial charge < -0.3 is 26.4 Å². The van der Waals surface area contributed by atoms with Crippen LogP contribution in [0, 0.1) is 0 Å². The number of carbonyl (C=O) groups excluding carboxylic acids is 1. The van der Waals surface area contributed by atoms with Crippen molar-refractivity contribution in [3.8, 4) is 5.75 Å². The third-order valence-electron chi connectivity index (χ3n) is 4.37. The summed E-state index contributed by atoms with van der Waals surface area (Å²) in [7, 11) is 1.62. The number of thiocarbonyl (C=S) groups is 1. The van der Waals surface area contributed by atoms with E-state index in [9.17, 15) is 4.79 Å². The minimum Gasteiger partial charge on any atom is -0.497 e. The number of anilines is 2. The molecule has 0 saturated heterocycles. The van der Waals surface area contributed by atoms with Crippen molar-refractivity contribution < 1.29 is 9.53 Å². The first kappa shape index (κ1) is 21.2. The number of nitrogens with two attached hydrogens (primary N) is 1. The van der Waals surface area contributed by atoms with Gasteiger partial charge in [0.05, 0.1) is 7.11 Å². The van der Waals surface area contributed by atoms with Crippen molar-refractivity contribution in [2.45, 2.75) is 6.04 Å². The molecule has 5 N–H and O–H groups in total. The zero-order valence-electron chi connectivity index (χ0n) is 16.5. The molecule has 1 aromatic heterocycles. The van der Waals surface area contributed by atoms with E-state index < -0.39 is 0 Å². The normalized spacial score (nSPS) is 11.3. The van der Waals surface area contributed by atoms with Crippen molar-refractivity contribution in [2.75, 3.05) is 24.3 Å². The lowest BCUT2D eigenvalue weighted by Crippen LogP contribution is -2.34. The van der Waals surface area contributed by atoms with Crippen LogP contribution in [-0.2, 0) is 0 Å². The standard InChI is InChI=1S/C22H23N5O2S/c1-29-19-8-6-17(7-9-19)27-22(30)25-14-20(23)15-2-4-16(5-3-15)21(28)26-18-10-12-24-13-11-18/h2-13,20H,14,23H2,1H3,(H,24,26,28)(H2,25,27,30). The summed E-state index contributed by atoms with van der Waals surface area (Å²) in [6, 6.07) is 17.8. The Kier molecular flexibility index (Phi) is 7.31. The van der Waals surface area contributed by atoms with Crippen LogP contribution in [0.2, 0.25) is 0 Å². The molecule has 0 saturated carbocycles. The van der Waals surface area contributed by atoms with E-state index in [4.69, 9.17) is 22.7 Å². The largest absolute Gasteiger partial charge is 0.497 e. The molecule has 0 fully saturated rings. The Balaban J connectivity index is 1.49. The summed E-state index contributed by atoms with van der Waals surface area (Å²) in [5.74, 6) is 0.587. The first-order chi connectivity index (χ1) is 14.5. The molecule has 1 unspecified atom stereocenters. The molecular formula is C22H23N5O2S. The molecule has 1 heterocycles. The van der Waals surface area contributed by atoms with Gasteiger partial charge in [0.15, 0.2) is 5.11 Å². The fourth-order valence-corrected chi connectivity index (χ4v) is 2.89. The van der Waals surface area contributed by atoms with Crippen molar-refractivity contribution in [1.82, 2.24) is 10.3 Å². The highest BCUT2D eigenvalue weighted by Gasteiger charge is 2.10. The molecular weight excluding hydrogens is 398 g/mol. The summed E-state index contributed by atoms with van der Waals surface area (Å²) in [6.07, 6.45) is 3.25. The molecule has 0 aliphatic carbocycles. The molecule has 0 bridgehead atoms. The van der Waals surface area contributed by atoms with Crippen LogP contribution in [0.25, 0.3) is 0 Å². The number of rotatable bonds is 7. The number of methoxy groups -OCH3 is 1. The van der Waals surface area contributed by atoms with Gasteiger partial charge in [0.1, 0.15) is 5.75 Å². The van der Waals surface area contributed by atoms with Crippen molar-refractivity contribution in [1.29, 1.82) is 0 Å². The number of benzene rings is 2. The Bertz CT molecular complexity index is 979. The number of nitrogens with zero attached hydrogens (tertiary/aromatic N) is 1. The third-order valence-corrected chi connectivity index (χ3v) is 4.62. The van der Waals surface area contributed by atoms with E-state index in [1.54, 1.807) is 43.8 Å². The van der Waals surface area contributed by atoms with Gasteiger partial charge in [-0.15, -0.1) is 0 Å². The zero-order valence-corrected chi connectivity index (χ0v) is 17.3. The molecule has 0 radical (unpaired) electrons. The lowest BCUT2D eigenvalue weighted by molar-refractivity contribution is 0.102. The van der Waals surface area contributed by atoms with Gasteiger partial charge in [-0.25, -0.2) is 0 Å². The Morgan fingerprint density at radius 3 is 2.27 bits per heavy atom. The summed E-state index contributed by atoms with van der Waals surface area (Å²) in [6.45, 7) is 0.449. The van der Waals surface area contributed by atoms with Gasteiger partial charge in [-0.3, -0.25) is 9.78 Å². The maximum Gasteiger partial charge on any atom is 0.255 e. The highest BCUT2D eigenvalue weighted by molar-refractivity contribution is 7.80. The molecule has 8 heteroatoms. The molecule has 154 valence electrons. The van der Waals surface area contributed by atoms with Crippen molar-refractivity contribution in [2.24, 2.45) is 5.73 Å². The topological polar surface area (TPSA) is 101 Å². The second-order valence-electron chi connectivity index (χ2n) is 6.48. The van der Waals surface area contributed by atoms with E-state index in [1.165, 1.54) is 0 Å². The SMILES string of the molecule is COc1ccc(NC(=S)NCC(N)c2ccc(C(=O)Nc3ccncc3)cc2)cc1. The number of hydrogen-bond acceptors (Lipinski definition) is 5. The number of aromatic nitrogens is 1. The van der Waals surface area contributed by atoms with Crippen LogP contribution in [0.3, 0.4) is 0 Å². The van der Waals surface area contributed by atoms with Gasteiger partial charge in [0.25, 0.3) is 5.91 Å². The Morgan fingerprint density at radius 1 is 1.00 bits per heavy atom. The maximum atomic E-state index is 12.3. The average Bonchev–Trinajstić information content (AvgIpc) is 2.78. The first-order valence-corrected chi connectivity index (χ1v) is 9.72. The predicted molar refractivity (Wildman–Crippen MR) is 123 cm³/mol. The number of hydrogen-bond donors (Lipinski definition) is 4. The fraction of sp³-hybridized carbons (Fsp3) is 0.136. The van der Waals surface area contributed by atoms with Gasteiger partial charge in [-0.1, -0.05) is 12.1 Å². The summed E-state index contributed by atoms with van der Waals surface area (Å²) in [5.41, 5.74) is 9.24. The Hall–Kier alpha value is -3.49. The lowest BCUT2D eigenvalue weighted by Gasteiger charge is -2.16. The van der Waals surface area contributed by atoms with Crippen LogP contribution in [0.5, 0.6) is 5.75 Å². The van der Waals surface area contributed by atoms with E-state index in [-0.39, 0.29) is 11.9 Å². The molecule has 0 spiro atoms.